The number of hydrogen-bond acceptors (Lipinski definition) is 3. The van der Waals surface area contributed by atoms with Gasteiger partial charge in [0, 0.05) is 17.7 Å². The SMILES string of the molecule is OCc1cccn2c(C3CCCCCC3)nnc12. The fraction of sp³-hybridized carbons (Fsp3) is 0.571. The zero-order valence-corrected chi connectivity index (χ0v) is 10.5. The lowest BCUT2D eigenvalue weighted by Gasteiger charge is -2.11. The highest BCUT2D eigenvalue weighted by molar-refractivity contribution is 5.47. The largest absolute Gasteiger partial charge is 0.392 e. The normalized spacial score (nSPS) is 18.1. The molecule has 0 bridgehead atoms. The molecule has 0 aromatic carbocycles. The second kappa shape index (κ2) is 5.06. The molecule has 0 spiro atoms. The van der Waals surface area contributed by atoms with Crippen LogP contribution < -0.4 is 0 Å². The Morgan fingerprint density at radius 2 is 1.94 bits per heavy atom. The van der Waals surface area contributed by atoms with E-state index in [0.29, 0.717) is 5.92 Å². The molecule has 4 heteroatoms. The number of hydrogen-bond donors (Lipinski definition) is 1. The first-order valence-electron chi connectivity index (χ1n) is 6.83. The van der Waals surface area contributed by atoms with Crippen LogP contribution >= 0.6 is 0 Å². The van der Waals surface area contributed by atoms with E-state index in [1.54, 1.807) is 0 Å². The van der Waals surface area contributed by atoms with Crippen LogP contribution in [-0.4, -0.2) is 19.7 Å². The average molecular weight is 245 g/mol. The van der Waals surface area contributed by atoms with Crippen LogP contribution in [0.4, 0.5) is 0 Å². The smallest absolute Gasteiger partial charge is 0.166 e. The standard InChI is InChI=1S/C14H19N3O/c18-10-12-8-5-9-17-13(15-16-14(12)17)11-6-3-1-2-4-7-11/h5,8-9,11,18H,1-4,6-7,10H2. The molecular weight excluding hydrogens is 226 g/mol. The molecule has 1 saturated carbocycles. The van der Waals surface area contributed by atoms with Gasteiger partial charge < -0.3 is 5.11 Å². The summed E-state index contributed by atoms with van der Waals surface area (Å²) in [6, 6.07) is 3.86. The molecular formula is C14H19N3O. The zero-order valence-electron chi connectivity index (χ0n) is 10.5. The maximum absolute atomic E-state index is 9.32. The van der Waals surface area contributed by atoms with Crippen molar-refractivity contribution in [3.8, 4) is 0 Å². The van der Waals surface area contributed by atoms with E-state index in [9.17, 15) is 5.11 Å². The molecule has 2 aromatic heterocycles. The Kier molecular flexibility index (Phi) is 3.28. The minimum atomic E-state index is 0.0210. The van der Waals surface area contributed by atoms with E-state index < -0.39 is 0 Å². The predicted octanol–water partition coefficient (Wildman–Crippen LogP) is 2.66. The molecule has 1 aliphatic carbocycles. The van der Waals surface area contributed by atoms with E-state index >= 15 is 0 Å². The van der Waals surface area contributed by atoms with Gasteiger partial charge in [-0.25, -0.2) is 0 Å². The lowest BCUT2D eigenvalue weighted by Crippen LogP contribution is -2.04. The van der Waals surface area contributed by atoms with E-state index in [1.165, 1.54) is 38.5 Å². The Morgan fingerprint density at radius 3 is 2.67 bits per heavy atom. The second-order valence-electron chi connectivity index (χ2n) is 5.13. The Balaban J connectivity index is 2.01. The van der Waals surface area contributed by atoms with Gasteiger partial charge in [0.05, 0.1) is 6.61 Å². The fourth-order valence-corrected chi connectivity index (χ4v) is 2.93. The first-order valence-corrected chi connectivity index (χ1v) is 6.83. The topological polar surface area (TPSA) is 50.4 Å². The van der Waals surface area contributed by atoms with Crippen molar-refractivity contribution < 1.29 is 5.11 Å². The maximum atomic E-state index is 9.32. The van der Waals surface area contributed by atoms with Crippen LogP contribution in [0.3, 0.4) is 0 Å². The van der Waals surface area contributed by atoms with Crippen molar-refractivity contribution in [3.63, 3.8) is 0 Å². The molecule has 0 amide bonds. The molecule has 0 unspecified atom stereocenters. The summed E-state index contributed by atoms with van der Waals surface area (Å²) in [6.45, 7) is 0.0210. The quantitative estimate of drug-likeness (QED) is 0.827. The summed E-state index contributed by atoms with van der Waals surface area (Å²) in [4.78, 5) is 0. The molecule has 1 aliphatic rings. The average Bonchev–Trinajstić information content (AvgIpc) is 2.66. The highest BCUT2D eigenvalue weighted by Crippen LogP contribution is 2.30. The van der Waals surface area contributed by atoms with Crippen LogP contribution in [0, 0.1) is 0 Å². The van der Waals surface area contributed by atoms with Crippen molar-refractivity contribution in [3.05, 3.63) is 29.7 Å². The number of aliphatic hydroxyl groups is 1. The molecule has 0 atom stereocenters. The third-order valence-electron chi connectivity index (χ3n) is 3.93. The van der Waals surface area contributed by atoms with Gasteiger partial charge in [-0.3, -0.25) is 4.40 Å². The minimum Gasteiger partial charge on any atom is -0.392 e. The lowest BCUT2D eigenvalue weighted by atomic mass is 9.99. The minimum absolute atomic E-state index is 0.0210. The van der Waals surface area contributed by atoms with Crippen LogP contribution in [0.15, 0.2) is 18.3 Å². The molecule has 1 N–H and O–H groups in total. The van der Waals surface area contributed by atoms with Crippen molar-refractivity contribution in [1.82, 2.24) is 14.6 Å². The fourth-order valence-electron chi connectivity index (χ4n) is 2.93. The van der Waals surface area contributed by atoms with Crippen LogP contribution in [0.1, 0.15) is 55.8 Å². The number of rotatable bonds is 2. The van der Waals surface area contributed by atoms with Crippen molar-refractivity contribution in [2.75, 3.05) is 0 Å². The Hall–Kier alpha value is -1.42. The highest BCUT2D eigenvalue weighted by Gasteiger charge is 2.20. The van der Waals surface area contributed by atoms with E-state index in [2.05, 4.69) is 14.6 Å². The van der Waals surface area contributed by atoms with E-state index in [0.717, 1.165) is 17.0 Å². The van der Waals surface area contributed by atoms with E-state index in [1.807, 2.05) is 18.3 Å². The highest BCUT2D eigenvalue weighted by atomic mass is 16.3. The van der Waals surface area contributed by atoms with Gasteiger partial charge in [0.15, 0.2) is 5.65 Å². The Labute approximate surface area is 107 Å². The van der Waals surface area contributed by atoms with Crippen LogP contribution in [0.5, 0.6) is 0 Å². The van der Waals surface area contributed by atoms with Crippen LogP contribution in [0.25, 0.3) is 5.65 Å². The van der Waals surface area contributed by atoms with Crippen LogP contribution in [0.2, 0.25) is 0 Å². The van der Waals surface area contributed by atoms with Gasteiger partial charge in [-0.1, -0.05) is 31.7 Å². The first kappa shape index (κ1) is 11.7. The third kappa shape index (κ3) is 2.01. The van der Waals surface area contributed by atoms with Crippen molar-refractivity contribution >= 4 is 5.65 Å². The van der Waals surface area contributed by atoms with E-state index in [4.69, 9.17) is 0 Å². The third-order valence-corrected chi connectivity index (χ3v) is 3.93. The molecule has 0 aliphatic heterocycles. The number of aromatic nitrogens is 3. The first-order chi connectivity index (χ1) is 8.90. The summed E-state index contributed by atoms with van der Waals surface area (Å²) in [6.07, 6.45) is 9.70. The van der Waals surface area contributed by atoms with Gasteiger partial charge in [0.25, 0.3) is 0 Å². The zero-order chi connectivity index (χ0) is 12.4. The molecule has 96 valence electrons. The van der Waals surface area contributed by atoms with Crippen LogP contribution in [-0.2, 0) is 6.61 Å². The number of fused-ring (bicyclic) bond motifs is 1. The van der Waals surface area contributed by atoms with Gasteiger partial charge in [0.1, 0.15) is 5.82 Å². The second-order valence-corrected chi connectivity index (χ2v) is 5.13. The monoisotopic (exact) mass is 245 g/mol. The summed E-state index contributed by atoms with van der Waals surface area (Å²) < 4.78 is 2.06. The van der Waals surface area contributed by atoms with Gasteiger partial charge in [-0.15, -0.1) is 10.2 Å². The predicted molar refractivity (Wildman–Crippen MR) is 69.4 cm³/mol. The summed E-state index contributed by atoms with van der Waals surface area (Å²) >= 11 is 0. The van der Waals surface area contributed by atoms with Gasteiger partial charge in [0.2, 0.25) is 0 Å². The van der Waals surface area contributed by atoms with Gasteiger partial charge in [-0.2, -0.15) is 0 Å². The molecule has 3 rings (SSSR count). The summed E-state index contributed by atoms with van der Waals surface area (Å²) in [5, 5.41) is 17.9. The van der Waals surface area contributed by atoms with Crippen molar-refractivity contribution in [2.45, 2.75) is 51.0 Å². The van der Waals surface area contributed by atoms with Gasteiger partial charge >= 0.3 is 0 Å². The van der Waals surface area contributed by atoms with Crippen molar-refractivity contribution in [1.29, 1.82) is 0 Å². The summed E-state index contributed by atoms with van der Waals surface area (Å²) in [7, 11) is 0. The Bertz CT molecular complexity index is 527. The number of nitrogens with zero attached hydrogens (tertiary/aromatic N) is 3. The molecule has 2 heterocycles. The molecule has 18 heavy (non-hydrogen) atoms. The maximum Gasteiger partial charge on any atom is 0.166 e. The lowest BCUT2D eigenvalue weighted by molar-refractivity contribution is 0.282. The van der Waals surface area contributed by atoms with E-state index in [-0.39, 0.29) is 6.61 Å². The van der Waals surface area contributed by atoms with Gasteiger partial charge in [-0.05, 0) is 18.9 Å². The summed E-state index contributed by atoms with van der Waals surface area (Å²) in [5.74, 6) is 1.60. The summed E-state index contributed by atoms with van der Waals surface area (Å²) in [5.41, 5.74) is 1.66. The molecule has 0 radical (unpaired) electrons. The molecule has 0 saturated heterocycles. The molecule has 2 aromatic rings. The van der Waals surface area contributed by atoms with Crippen molar-refractivity contribution in [2.24, 2.45) is 0 Å². The molecule has 4 nitrogen and oxygen atoms in total. The number of pyridine rings is 1. The molecule has 1 fully saturated rings. The Morgan fingerprint density at radius 1 is 1.17 bits per heavy atom. The number of aliphatic hydroxyl groups excluding tert-OH is 1.